The number of anilines is 1. The van der Waals surface area contributed by atoms with Crippen molar-refractivity contribution in [3.8, 4) is 5.75 Å². The van der Waals surface area contributed by atoms with Crippen molar-refractivity contribution in [2.75, 3.05) is 25.6 Å². The molecule has 0 saturated heterocycles. The van der Waals surface area contributed by atoms with E-state index in [0.29, 0.717) is 17.1 Å². The Morgan fingerprint density at radius 1 is 1.08 bits per heavy atom. The Hall–Kier alpha value is -1.88. The molecule has 0 fully saturated rings. The molecule has 2 aromatic rings. The van der Waals surface area contributed by atoms with Gasteiger partial charge in [0.1, 0.15) is 11.6 Å². The molecule has 0 aliphatic carbocycles. The summed E-state index contributed by atoms with van der Waals surface area (Å²) < 4.78 is 30.1. The van der Waals surface area contributed by atoms with Crippen LogP contribution in [-0.4, -0.2) is 25.3 Å². The van der Waals surface area contributed by atoms with Crippen molar-refractivity contribution in [2.24, 2.45) is 0 Å². The normalized spacial score (nSPS) is 12.6. The van der Waals surface area contributed by atoms with Crippen LogP contribution >= 0.6 is 7.60 Å². The molecule has 1 aromatic carbocycles. The summed E-state index contributed by atoms with van der Waals surface area (Å²) in [4.78, 5) is 4.44. The molecule has 1 atom stereocenters. The van der Waals surface area contributed by atoms with Gasteiger partial charge >= 0.3 is 7.60 Å². The lowest BCUT2D eigenvalue weighted by Crippen LogP contribution is -2.17. The first kappa shape index (κ1) is 19.4. The average Bonchev–Trinajstić information content (AvgIpc) is 2.60. The first-order valence-electron chi connectivity index (χ1n) is 8.26. The second-order valence-corrected chi connectivity index (χ2v) is 7.44. The van der Waals surface area contributed by atoms with E-state index >= 15 is 0 Å². The molecular formula is C18H25N2O4P. The molecular weight excluding hydrogens is 339 g/mol. The van der Waals surface area contributed by atoms with Gasteiger partial charge in [0.05, 0.1) is 20.3 Å². The summed E-state index contributed by atoms with van der Waals surface area (Å²) in [7, 11) is -1.93. The number of hydrogen-bond acceptors (Lipinski definition) is 6. The summed E-state index contributed by atoms with van der Waals surface area (Å²) in [6.07, 6.45) is 0. The van der Waals surface area contributed by atoms with Crippen molar-refractivity contribution in [3.63, 3.8) is 0 Å². The van der Waals surface area contributed by atoms with Crippen LogP contribution in [-0.2, 0) is 13.6 Å². The number of benzene rings is 1. The lowest BCUT2D eigenvalue weighted by molar-refractivity contribution is 0.213. The van der Waals surface area contributed by atoms with Gasteiger partial charge < -0.3 is 19.1 Å². The maximum atomic E-state index is 13.5. The molecule has 2 rings (SSSR count). The van der Waals surface area contributed by atoms with E-state index in [0.717, 1.165) is 5.69 Å². The molecule has 0 radical (unpaired) electrons. The Morgan fingerprint density at radius 3 is 2.36 bits per heavy atom. The van der Waals surface area contributed by atoms with Crippen molar-refractivity contribution in [1.29, 1.82) is 0 Å². The Bertz CT molecular complexity index is 729. The van der Waals surface area contributed by atoms with Crippen molar-refractivity contribution in [1.82, 2.24) is 4.98 Å². The Balaban J connectivity index is 2.52. The predicted molar refractivity (Wildman–Crippen MR) is 99.2 cm³/mol. The van der Waals surface area contributed by atoms with Gasteiger partial charge in [-0.1, -0.05) is 24.3 Å². The Kier molecular flexibility index (Phi) is 7.00. The van der Waals surface area contributed by atoms with Crippen LogP contribution in [0, 0.1) is 6.92 Å². The molecule has 7 heteroatoms. The lowest BCUT2D eigenvalue weighted by Gasteiger charge is -2.28. The van der Waals surface area contributed by atoms with Crippen molar-refractivity contribution >= 4 is 13.4 Å². The van der Waals surface area contributed by atoms with Crippen LogP contribution in [0.5, 0.6) is 5.75 Å². The zero-order valence-electron chi connectivity index (χ0n) is 15.1. The van der Waals surface area contributed by atoms with E-state index < -0.39 is 13.4 Å². The third-order valence-electron chi connectivity index (χ3n) is 3.54. The highest BCUT2D eigenvalue weighted by Crippen LogP contribution is 2.61. The monoisotopic (exact) mass is 364 g/mol. The number of rotatable bonds is 9. The van der Waals surface area contributed by atoms with Crippen LogP contribution < -0.4 is 10.1 Å². The zero-order chi connectivity index (χ0) is 18.3. The second-order valence-electron chi connectivity index (χ2n) is 5.33. The zero-order valence-corrected chi connectivity index (χ0v) is 16.0. The molecule has 6 nitrogen and oxygen atoms in total. The molecule has 136 valence electrons. The van der Waals surface area contributed by atoms with E-state index in [9.17, 15) is 4.57 Å². The number of pyridine rings is 1. The molecule has 0 bridgehead atoms. The van der Waals surface area contributed by atoms with E-state index in [1.54, 1.807) is 21.0 Å². The number of nitrogens with zero attached hydrogens (tertiary/aromatic N) is 1. The SMILES string of the molecule is CCOP(=O)(OCC)C(Nc1cccc(C)n1)c1ccccc1OC. The maximum Gasteiger partial charge on any atom is 0.357 e. The molecule has 1 N–H and O–H groups in total. The molecule has 1 heterocycles. The summed E-state index contributed by atoms with van der Waals surface area (Å²) in [6, 6.07) is 13.0. The molecule has 0 aliphatic rings. The largest absolute Gasteiger partial charge is 0.496 e. The highest BCUT2D eigenvalue weighted by atomic mass is 31.2. The first-order chi connectivity index (χ1) is 12.0. The van der Waals surface area contributed by atoms with Gasteiger partial charge in [-0.15, -0.1) is 0 Å². The number of aromatic nitrogens is 1. The molecule has 0 spiro atoms. The molecule has 0 saturated carbocycles. The smallest absolute Gasteiger partial charge is 0.357 e. The summed E-state index contributed by atoms with van der Waals surface area (Å²) in [6.45, 7) is 6.01. The van der Waals surface area contributed by atoms with Gasteiger partial charge in [-0.2, -0.15) is 0 Å². The molecule has 1 unspecified atom stereocenters. The van der Waals surface area contributed by atoms with Crippen LogP contribution in [0.1, 0.15) is 30.9 Å². The summed E-state index contributed by atoms with van der Waals surface area (Å²) >= 11 is 0. The van der Waals surface area contributed by atoms with Gasteiger partial charge in [0.15, 0.2) is 5.78 Å². The van der Waals surface area contributed by atoms with E-state index in [4.69, 9.17) is 13.8 Å². The fraction of sp³-hybridized carbons (Fsp3) is 0.389. The van der Waals surface area contributed by atoms with Crippen molar-refractivity contribution in [2.45, 2.75) is 26.6 Å². The van der Waals surface area contributed by atoms with Crippen molar-refractivity contribution < 1.29 is 18.3 Å². The number of nitrogens with one attached hydrogen (secondary N) is 1. The van der Waals surface area contributed by atoms with E-state index in [1.807, 2.05) is 49.4 Å². The van der Waals surface area contributed by atoms with E-state index in [1.165, 1.54) is 0 Å². The molecule has 1 aromatic heterocycles. The van der Waals surface area contributed by atoms with Gasteiger partial charge in [-0.25, -0.2) is 4.98 Å². The number of para-hydroxylation sites is 1. The van der Waals surface area contributed by atoms with Gasteiger partial charge in [0.2, 0.25) is 0 Å². The van der Waals surface area contributed by atoms with Crippen LogP contribution in [0.4, 0.5) is 5.82 Å². The summed E-state index contributed by atoms with van der Waals surface area (Å²) in [5.41, 5.74) is 1.55. The van der Waals surface area contributed by atoms with Crippen molar-refractivity contribution in [3.05, 3.63) is 53.7 Å². The second kappa shape index (κ2) is 8.99. The standard InChI is InChI=1S/C18H25N2O4P/c1-5-23-25(21,24-6-2)18(15-11-7-8-12-16(15)22-4)20-17-13-9-10-14(3)19-17/h7-13,18H,5-6H2,1-4H3,(H,19,20). The number of aryl methyl sites for hydroxylation is 1. The topological polar surface area (TPSA) is 69.7 Å². The highest BCUT2D eigenvalue weighted by molar-refractivity contribution is 7.54. The van der Waals surface area contributed by atoms with Gasteiger partial charge in [-0.3, -0.25) is 4.57 Å². The average molecular weight is 364 g/mol. The van der Waals surface area contributed by atoms with Crippen LogP contribution in [0.15, 0.2) is 42.5 Å². The summed E-state index contributed by atoms with van der Waals surface area (Å²) in [5.74, 6) is 0.459. The third-order valence-corrected chi connectivity index (χ3v) is 5.82. The lowest BCUT2D eigenvalue weighted by atomic mass is 10.2. The summed E-state index contributed by atoms with van der Waals surface area (Å²) in [5, 5.41) is 3.22. The highest BCUT2D eigenvalue weighted by Gasteiger charge is 2.39. The third kappa shape index (κ3) is 4.82. The number of hydrogen-bond donors (Lipinski definition) is 1. The minimum absolute atomic E-state index is 0.270. The van der Waals surface area contributed by atoms with Crippen LogP contribution in [0.25, 0.3) is 0 Å². The Morgan fingerprint density at radius 2 is 1.76 bits per heavy atom. The van der Waals surface area contributed by atoms with E-state index in [2.05, 4.69) is 10.3 Å². The fourth-order valence-corrected chi connectivity index (χ4v) is 4.47. The van der Waals surface area contributed by atoms with Gasteiger partial charge in [0.25, 0.3) is 0 Å². The first-order valence-corrected chi connectivity index (χ1v) is 9.87. The molecule has 0 amide bonds. The number of methoxy groups -OCH3 is 1. The predicted octanol–water partition coefficient (Wildman–Crippen LogP) is 4.78. The van der Waals surface area contributed by atoms with Gasteiger partial charge in [-0.05, 0) is 39.0 Å². The quantitative estimate of drug-likeness (QED) is 0.646. The number of ether oxygens (including phenoxy) is 1. The van der Waals surface area contributed by atoms with E-state index in [-0.39, 0.29) is 13.2 Å². The van der Waals surface area contributed by atoms with Crippen LogP contribution in [0.2, 0.25) is 0 Å². The minimum Gasteiger partial charge on any atom is -0.496 e. The fourth-order valence-electron chi connectivity index (χ4n) is 2.53. The molecule has 0 aliphatic heterocycles. The Labute approximate surface area is 149 Å². The van der Waals surface area contributed by atoms with Gasteiger partial charge in [0, 0.05) is 11.3 Å². The molecule has 25 heavy (non-hydrogen) atoms. The van der Waals surface area contributed by atoms with Crippen LogP contribution in [0.3, 0.4) is 0 Å². The minimum atomic E-state index is -3.50. The maximum absolute atomic E-state index is 13.5.